The van der Waals surface area contributed by atoms with E-state index >= 15 is 0 Å². The first-order valence-corrected chi connectivity index (χ1v) is 7.21. The summed E-state index contributed by atoms with van der Waals surface area (Å²) < 4.78 is 15.8. The summed E-state index contributed by atoms with van der Waals surface area (Å²) in [4.78, 5) is 0. The van der Waals surface area contributed by atoms with E-state index in [4.69, 9.17) is 14.2 Å². The second kappa shape index (κ2) is 10.7. The van der Waals surface area contributed by atoms with Gasteiger partial charge in [-0.05, 0) is 30.2 Å². The molecule has 0 saturated heterocycles. The van der Waals surface area contributed by atoms with Crippen LogP contribution in [-0.4, -0.2) is 40.1 Å². The van der Waals surface area contributed by atoms with Crippen LogP contribution < -0.4 is 10.1 Å². The van der Waals surface area contributed by atoms with E-state index in [9.17, 15) is 0 Å². The number of ether oxygens (including phenoxy) is 3. The van der Waals surface area contributed by atoms with Gasteiger partial charge < -0.3 is 19.5 Å². The zero-order valence-electron chi connectivity index (χ0n) is 12.9. The average Bonchev–Trinajstić information content (AvgIpc) is 2.44. The lowest BCUT2D eigenvalue weighted by molar-refractivity contribution is 0.0544. The minimum atomic E-state index is 0.564. The Morgan fingerprint density at radius 1 is 1.00 bits per heavy atom. The van der Waals surface area contributed by atoms with Crippen LogP contribution in [0.1, 0.15) is 19.4 Å². The summed E-state index contributed by atoms with van der Waals surface area (Å²) in [6, 6.07) is 8.19. The fraction of sp³-hybridized carbons (Fsp3) is 0.625. The summed E-state index contributed by atoms with van der Waals surface area (Å²) in [6.07, 6.45) is 0. The van der Waals surface area contributed by atoms with Gasteiger partial charge in [-0.25, -0.2) is 0 Å². The SMILES string of the molecule is COCCOCCOc1ccc(CNCC(C)C)cc1. The van der Waals surface area contributed by atoms with E-state index < -0.39 is 0 Å². The fourth-order valence-corrected chi connectivity index (χ4v) is 1.67. The lowest BCUT2D eigenvalue weighted by Crippen LogP contribution is -2.18. The molecule has 0 aromatic heterocycles. The molecule has 0 bridgehead atoms. The first kappa shape index (κ1) is 17.0. The molecule has 0 spiro atoms. The fourth-order valence-electron chi connectivity index (χ4n) is 1.67. The van der Waals surface area contributed by atoms with Gasteiger partial charge in [-0.2, -0.15) is 0 Å². The van der Waals surface area contributed by atoms with Crippen molar-refractivity contribution in [2.24, 2.45) is 5.92 Å². The van der Waals surface area contributed by atoms with E-state index in [1.54, 1.807) is 7.11 Å². The molecule has 0 atom stereocenters. The van der Waals surface area contributed by atoms with Crippen molar-refractivity contribution in [3.8, 4) is 5.75 Å². The van der Waals surface area contributed by atoms with Gasteiger partial charge in [-0.1, -0.05) is 26.0 Å². The molecule has 0 radical (unpaired) electrons. The summed E-state index contributed by atoms with van der Waals surface area (Å²) in [7, 11) is 1.66. The van der Waals surface area contributed by atoms with Crippen molar-refractivity contribution in [2.75, 3.05) is 40.1 Å². The Kier molecular flexibility index (Phi) is 9.04. The first-order chi connectivity index (χ1) is 9.72. The Balaban J connectivity index is 2.15. The highest BCUT2D eigenvalue weighted by Crippen LogP contribution is 2.12. The van der Waals surface area contributed by atoms with E-state index in [1.807, 2.05) is 12.1 Å². The second-order valence-electron chi connectivity index (χ2n) is 5.12. The predicted octanol–water partition coefficient (Wildman–Crippen LogP) is 2.47. The average molecular weight is 281 g/mol. The summed E-state index contributed by atoms with van der Waals surface area (Å²) in [5.41, 5.74) is 1.27. The third kappa shape index (κ3) is 8.15. The molecule has 4 heteroatoms. The maximum absolute atomic E-state index is 5.60. The quantitative estimate of drug-likeness (QED) is 0.633. The molecule has 0 heterocycles. The number of methoxy groups -OCH3 is 1. The Bertz CT molecular complexity index is 338. The molecule has 0 aliphatic heterocycles. The van der Waals surface area contributed by atoms with Crippen LogP contribution in [-0.2, 0) is 16.0 Å². The minimum absolute atomic E-state index is 0.564. The smallest absolute Gasteiger partial charge is 0.119 e. The third-order valence-electron chi connectivity index (χ3n) is 2.73. The van der Waals surface area contributed by atoms with E-state index in [0.29, 0.717) is 32.3 Å². The number of rotatable bonds is 11. The molecule has 0 aliphatic carbocycles. The Labute approximate surface area is 122 Å². The number of hydrogen-bond acceptors (Lipinski definition) is 4. The lowest BCUT2D eigenvalue weighted by atomic mass is 10.2. The maximum Gasteiger partial charge on any atom is 0.119 e. The Morgan fingerprint density at radius 3 is 2.35 bits per heavy atom. The van der Waals surface area contributed by atoms with Crippen LogP contribution in [0, 0.1) is 5.92 Å². The minimum Gasteiger partial charge on any atom is -0.491 e. The summed E-state index contributed by atoms with van der Waals surface area (Å²) >= 11 is 0. The second-order valence-corrected chi connectivity index (χ2v) is 5.12. The molecule has 1 aromatic rings. The van der Waals surface area contributed by atoms with Crippen LogP contribution in [0.5, 0.6) is 5.75 Å². The molecule has 0 unspecified atom stereocenters. The molecule has 20 heavy (non-hydrogen) atoms. The lowest BCUT2D eigenvalue weighted by Gasteiger charge is -2.09. The van der Waals surface area contributed by atoms with Crippen molar-refractivity contribution in [3.63, 3.8) is 0 Å². The molecular weight excluding hydrogens is 254 g/mol. The highest BCUT2D eigenvalue weighted by atomic mass is 16.5. The number of nitrogens with one attached hydrogen (secondary N) is 1. The monoisotopic (exact) mass is 281 g/mol. The van der Waals surface area contributed by atoms with Crippen molar-refractivity contribution >= 4 is 0 Å². The first-order valence-electron chi connectivity index (χ1n) is 7.21. The predicted molar refractivity (Wildman–Crippen MR) is 81.2 cm³/mol. The van der Waals surface area contributed by atoms with E-state index in [-0.39, 0.29) is 0 Å². The van der Waals surface area contributed by atoms with Crippen molar-refractivity contribution in [3.05, 3.63) is 29.8 Å². The number of hydrogen-bond donors (Lipinski definition) is 1. The number of benzene rings is 1. The molecular formula is C16H27NO3. The zero-order valence-corrected chi connectivity index (χ0v) is 12.9. The van der Waals surface area contributed by atoms with Crippen LogP contribution >= 0.6 is 0 Å². The molecule has 0 amide bonds. The van der Waals surface area contributed by atoms with Gasteiger partial charge in [-0.15, -0.1) is 0 Å². The van der Waals surface area contributed by atoms with Gasteiger partial charge in [0.05, 0.1) is 19.8 Å². The van der Waals surface area contributed by atoms with Crippen LogP contribution in [0.15, 0.2) is 24.3 Å². The summed E-state index contributed by atoms with van der Waals surface area (Å²) in [5, 5.41) is 3.42. The van der Waals surface area contributed by atoms with Crippen molar-refractivity contribution in [2.45, 2.75) is 20.4 Å². The van der Waals surface area contributed by atoms with Crippen molar-refractivity contribution in [1.82, 2.24) is 5.32 Å². The molecule has 0 fully saturated rings. The molecule has 4 nitrogen and oxygen atoms in total. The van der Waals surface area contributed by atoms with E-state index in [1.165, 1.54) is 5.56 Å². The van der Waals surface area contributed by atoms with Gasteiger partial charge in [0.25, 0.3) is 0 Å². The normalized spacial score (nSPS) is 11.0. The zero-order chi connectivity index (χ0) is 14.6. The highest BCUT2D eigenvalue weighted by Gasteiger charge is 1.97. The standard InChI is InChI=1S/C16H27NO3/c1-14(2)12-17-13-15-4-6-16(7-5-15)20-11-10-19-9-8-18-3/h4-7,14,17H,8-13H2,1-3H3. The van der Waals surface area contributed by atoms with Crippen LogP contribution in [0.2, 0.25) is 0 Å². The molecule has 0 saturated carbocycles. The van der Waals surface area contributed by atoms with Gasteiger partial charge in [0.1, 0.15) is 12.4 Å². The maximum atomic E-state index is 5.60. The largest absolute Gasteiger partial charge is 0.491 e. The molecule has 114 valence electrons. The van der Waals surface area contributed by atoms with Crippen LogP contribution in [0.4, 0.5) is 0 Å². The highest BCUT2D eigenvalue weighted by molar-refractivity contribution is 5.27. The van der Waals surface area contributed by atoms with Gasteiger partial charge in [0.15, 0.2) is 0 Å². The molecule has 0 aliphatic rings. The molecule has 1 rings (SSSR count). The van der Waals surface area contributed by atoms with Gasteiger partial charge in [0.2, 0.25) is 0 Å². The van der Waals surface area contributed by atoms with Crippen molar-refractivity contribution < 1.29 is 14.2 Å². The Hall–Kier alpha value is -1.10. The summed E-state index contributed by atoms with van der Waals surface area (Å²) in [6.45, 7) is 8.74. The van der Waals surface area contributed by atoms with Crippen LogP contribution in [0.3, 0.4) is 0 Å². The van der Waals surface area contributed by atoms with E-state index in [0.717, 1.165) is 18.8 Å². The van der Waals surface area contributed by atoms with Crippen molar-refractivity contribution in [1.29, 1.82) is 0 Å². The topological polar surface area (TPSA) is 39.7 Å². The van der Waals surface area contributed by atoms with Gasteiger partial charge >= 0.3 is 0 Å². The van der Waals surface area contributed by atoms with E-state index in [2.05, 4.69) is 31.3 Å². The summed E-state index contributed by atoms with van der Waals surface area (Å²) in [5.74, 6) is 1.56. The molecule has 1 N–H and O–H groups in total. The molecule has 1 aromatic carbocycles. The Morgan fingerprint density at radius 2 is 1.70 bits per heavy atom. The van der Waals surface area contributed by atoms with Crippen LogP contribution in [0.25, 0.3) is 0 Å². The third-order valence-corrected chi connectivity index (χ3v) is 2.73. The van der Waals surface area contributed by atoms with Gasteiger partial charge in [0, 0.05) is 13.7 Å². The van der Waals surface area contributed by atoms with Gasteiger partial charge in [-0.3, -0.25) is 0 Å².